The van der Waals surface area contributed by atoms with E-state index in [9.17, 15) is 18.4 Å². The summed E-state index contributed by atoms with van der Waals surface area (Å²) in [7, 11) is 0. The summed E-state index contributed by atoms with van der Waals surface area (Å²) in [5, 5.41) is 2.68. The lowest BCUT2D eigenvalue weighted by Crippen LogP contribution is -2.37. The Hall–Kier alpha value is -1.98. The number of hydrogen-bond acceptors (Lipinski definition) is 2. The fourth-order valence-corrected chi connectivity index (χ4v) is 2.56. The minimum Gasteiger partial charge on any atom is -0.356 e. The molecule has 1 aliphatic heterocycles. The van der Waals surface area contributed by atoms with E-state index in [4.69, 9.17) is 0 Å². The average molecular weight is 296 g/mol. The van der Waals surface area contributed by atoms with Crippen molar-refractivity contribution in [2.24, 2.45) is 0 Å². The van der Waals surface area contributed by atoms with Gasteiger partial charge in [0.25, 0.3) is 0 Å². The fourth-order valence-electron chi connectivity index (χ4n) is 2.56. The summed E-state index contributed by atoms with van der Waals surface area (Å²) in [4.78, 5) is 25.0. The van der Waals surface area contributed by atoms with Crippen LogP contribution < -0.4 is 5.32 Å². The topological polar surface area (TPSA) is 49.4 Å². The van der Waals surface area contributed by atoms with Crippen LogP contribution in [0.25, 0.3) is 0 Å². The van der Waals surface area contributed by atoms with E-state index in [1.165, 1.54) is 17.0 Å². The third-order valence-electron chi connectivity index (χ3n) is 3.62. The molecule has 0 radical (unpaired) electrons. The first-order valence-electron chi connectivity index (χ1n) is 7.02. The van der Waals surface area contributed by atoms with Crippen LogP contribution in [-0.2, 0) is 16.1 Å². The van der Waals surface area contributed by atoms with Gasteiger partial charge in [-0.05, 0) is 19.4 Å². The van der Waals surface area contributed by atoms with Crippen LogP contribution in [0.3, 0.4) is 0 Å². The SMILES string of the molecule is CCNC(=O)CC1CCC(=O)N1Cc1cccc(F)c1F. The summed E-state index contributed by atoms with van der Waals surface area (Å²) in [6.07, 6.45) is 1.09. The summed E-state index contributed by atoms with van der Waals surface area (Å²) >= 11 is 0. The number of benzene rings is 1. The molecule has 114 valence electrons. The van der Waals surface area contributed by atoms with Crippen LogP contribution in [0.4, 0.5) is 8.78 Å². The summed E-state index contributed by atoms with van der Waals surface area (Å²) in [6.45, 7) is 2.34. The fraction of sp³-hybridized carbons (Fsp3) is 0.467. The van der Waals surface area contributed by atoms with E-state index >= 15 is 0 Å². The Morgan fingerprint density at radius 1 is 1.43 bits per heavy atom. The number of hydrogen-bond donors (Lipinski definition) is 1. The van der Waals surface area contributed by atoms with Gasteiger partial charge < -0.3 is 10.2 Å². The van der Waals surface area contributed by atoms with Gasteiger partial charge in [-0.1, -0.05) is 12.1 Å². The lowest BCUT2D eigenvalue weighted by molar-refractivity contribution is -0.130. The Morgan fingerprint density at radius 3 is 2.90 bits per heavy atom. The van der Waals surface area contributed by atoms with Crippen molar-refractivity contribution in [3.05, 3.63) is 35.4 Å². The van der Waals surface area contributed by atoms with E-state index < -0.39 is 11.6 Å². The molecule has 1 fully saturated rings. The standard InChI is InChI=1S/C15H18F2N2O2/c1-2-18-13(20)8-11-6-7-14(21)19(11)9-10-4-3-5-12(16)15(10)17/h3-5,11H,2,6-9H2,1H3,(H,18,20). The van der Waals surface area contributed by atoms with Crippen LogP contribution in [0.1, 0.15) is 31.7 Å². The van der Waals surface area contributed by atoms with Crippen molar-refractivity contribution in [3.8, 4) is 0 Å². The predicted molar refractivity (Wildman–Crippen MR) is 73.2 cm³/mol. The van der Waals surface area contributed by atoms with E-state index in [-0.39, 0.29) is 36.4 Å². The van der Waals surface area contributed by atoms with Crippen molar-refractivity contribution in [3.63, 3.8) is 0 Å². The molecule has 0 aromatic heterocycles. The summed E-state index contributed by atoms with van der Waals surface area (Å²) in [6, 6.07) is 3.64. The molecular weight excluding hydrogens is 278 g/mol. The van der Waals surface area contributed by atoms with E-state index in [0.29, 0.717) is 19.4 Å². The van der Waals surface area contributed by atoms with Crippen LogP contribution >= 0.6 is 0 Å². The molecular formula is C15H18F2N2O2. The number of amides is 2. The highest BCUT2D eigenvalue weighted by Gasteiger charge is 2.32. The first-order chi connectivity index (χ1) is 10.0. The minimum absolute atomic E-state index is 0.00744. The molecule has 1 heterocycles. The number of nitrogens with one attached hydrogen (secondary N) is 1. The summed E-state index contributed by atoms with van der Waals surface area (Å²) < 4.78 is 26.9. The van der Waals surface area contributed by atoms with Gasteiger partial charge in [-0.3, -0.25) is 9.59 Å². The number of rotatable bonds is 5. The molecule has 1 atom stereocenters. The largest absolute Gasteiger partial charge is 0.356 e. The molecule has 4 nitrogen and oxygen atoms in total. The van der Waals surface area contributed by atoms with Gasteiger partial charge in [0.1, 0.15) is 0 Å². The molecule has 21 heavy (non-hydrogen) atoms. The predicted octanol–water partition coefficient (Wildman–Crippen LogP) is 1.98. The second kappa shape index (κ2) is 6.65. The second-order valence-electron chi connectivity index (χ2n) is 5.08. The molecule has 2 rings (SSSR count). The first-order valence-corrected chi connectivity index (χ1v) is 7.02. The normalized spacial score (nSPS) is 18.1. The molecule has 1 N–H and O–H groups in total. The van der Waals surface area contributed by atoms with Gasteiger partial charge >= 0.3 is 0 Å². The molecule has 0 bridgehead atoms. The Balaban J connectivity index is 2.10. The Morgan fingerprint density at radius 2 is 2.19 bits per heavy atom. The van der Waals surface area contributed by atoms with E-state index in [2.05, 4.69) is 5.32 Å². The number of likely N-dealkylation sites (tertiary alicyclic amines) is 1. The van der Waals surface area contributed by atoms with Gasteiger partial charge in [0, 0.05) is 37.5 Å². The molecule has 0 saturated carbocycles. The highest BCUT2D eigenvalue weighted by atomic mass is 19.2. The highest BCUT2D eigenvalue weighted by molar-refractivity contribution is 5.82. The first kappa shape index (κ1) is 15.4. The Kier molecular flexibility index (Phi) is 4.88. The lowest BCUT2D eigenvalue weighted by atomic mass is 10.1. The molecule has 2 amide bonds. The maximum absolute atomic E-state index is 13.7. The van der Waals surface area contributed by atoms with Crippen LogP contribution in [-0.4, -0.2) is 29.3 Å². The zero-order chi connectivity index (χ0) is 15.4. The van der Waals surface area contributed by atoms with Gasteiger partial charge in [-0.2, -0.15) is 0 Å². The molecule has 1 aromatic rings. The molecule has 0 aliphatic carbocycles. The van der Waals surface area contributed by atoms with Crippen molar-refractivity contribution < 1.29 is 18.4 Å². The monoisotopic (exact) mass is 296 g/mol. The van der Waals surface area contributed by atoms with Crippen LogP contribution in [0.2, 0.25) is 0 Å². The lowest BCUT2D eigenvalue weighted by Gasteiger charge is -2.24. The Labute approximate surface area is 122 Å². The van der Waals surface area contributed by atoms with Crippen molar-refractivity contribution in [1.82, 2.24) is 10.2 Å². The average Bonchev–Trinajstić information content (AvgIpc) is 2.77. The van der Waals surface area contributed by atoms with Crippen molar-refractivity contribution in [2.45, 2.75) is 38.8 Å². The van der Waals surface area contributed by atoms with Gasteiger partial charge in [-0.25, -0.2) is 8.78 Å². The van der Waals surface area contributed by atoms with Gasteiger partial charge in [-0.15, -0.1) is 0 Å². The molecule has 1 saturated heterocycles. The highest BCUT2D eigenvalue weighted by Crippen LogP contribution is 2.25. The molecule has 6 heteroatoms. The van der Waals surface area contributed by atoms with E-state index in [1.807, 2.05) is 6.92 Å². The van der Waals surface area contributed by atoms with Crippen molar-refractivity contribution in [2.75, 3.05) is 6.54 Å². The maximum atomic E-state index is 13.7. The summed E-state index contributed by atoms with van der Waals surface area (Å²) in [5.74, 6) is -2.14. The molecule has 1 aliphatic rings. The summed E-state index contributed by atoms with van der Waals surface area (Å²) in [5.41, 5.74) is 0.131. The Bertz CT molecular complexity index is 548. The van der Waals surface area contributed by atoms with Gasteiger partial charge in [0.2, 0.25) is 11.8 Å². The number of carbonyl (C=O) groups is 2. The smallest absolute Gasteiger partial charge is 0.223 e. The molecule has 1 aromatic carbocycles. The maximum Gasteiger partial charge on any atom is 0.223 e. The third-order valence-corrected chi connectivity index (χ3v) is 3.62. The van der Waals surface area contributed by atoms with E-state index in [1.54, 1.807) is 0 Å². The van der Waals surface area contributed by atoms with Crippen LogP contribution in [0, 0.1) is 11.6 Å². The number of carbonyl (C=O) groups excluding carboxylic acids is 2. The third kappa shape index (κ3) is 3.56. The van der Waals surface area contributed by atoms with Crippen molar-refractivity contribution >= 4 is 11.8 Å². The number of nitrogens with zero attached hydrogens (tertiary/aromatic N) is 1. The minimum atomic E-state index is -0.936. The van der Waals surface area contributed by atoms with Crippen molar-refractivity contribution in [1.29, 1.82) is 0 Å². The van der Waals surface area contributed by atoms with E-state index in [0.717, 1.165) is 6.07 Å². The van der Waals surface area contributed by atoms with Gasteiger partial charge in [0.15, 0.2) is 11.6 Å². The van der Waals surface area contributed by atoms with Crippen LogP contribution in [0.5, 0.6) is 0 Å². The number of halogens is 2. The van der Waals surface area contributed by atoms with Gasteiger partial charge in [0.05, 0.1) is 0 Å². The van der Waals surface area contributed by atoms with Crippen LogP contribution in [0.15, 0.2) is 18.2 Å². The zero-order valence-electron chi connectivity index (χ0n) is 11.9. The quantitative estimate of drug-likeness (QED) is 0.903. The zero-order valence-corrected chi connectivity index (χ0v) is 11.9. The second-order valence-corrected chi connectivity index (χ2v) is 5.08. The molecule has 1 unspecified atom stereocenters. The molecule has 0 spiro atoms.